The van der Waals surface area contributed by atoms with Crippen LogP contribution in [0.4, 0.5) is 4.39 Å². The average molecular weight is 474 g/mol. The zero-order valence-electron chi connectivity index (χ0n) is 16.4. The molecule has 1 aromatic heterocycles. The Hall–Kier alpha value is -2.58. The molecule has 1 saturated heterocycles. The number of nitrogens with one attached hydrogen (secondary N) is 1. The van der Waals surface area contributed by atoms with Gasteiger partial charge in [0.2, 0.25) is 17.6 Å². The summed E-state index contributed by atoms with van der Waals surface area (Å²) in [4.78, 5) is 17.8. The molecule has 1 amide bonds. The number of nitrogens with zero attached hydrogens (tertiary/aromatic N) is 2. The number of amides is 1. The number of carbonyl (C=O) groups excluding carboxylic acids is 1. The minimum atomic E-state index is -0.674. The van der Waals surface area contributed by atoms with E-state index in [1.54, 1.807) is 19.1 Å². The first-order valence-corrected chi connectivity index (χ1v) is 10.5. The molecule has 0 radical (unpaired) electrons. The van der Waals surface area contributed by atoms with Gasteiger partial charge in [0, 0.05) is 23.2 Å². The van der Waals surface area contributed by atoms with Crippen molar-refractivity contribution in [1.29, 1.82) is 0 Å². The van der Waals surface area contributed by atoms with Gasteiger partial charge in [-0.25, -0.2) is 4.39 Å². The van der Waals surface area contributed by atoms with E-state index in [1.807, 2.05) is 24.3 Å². The molecule has 156 valence electrons. The molecule has 3 aromatic rings. The highest BCUT2D eigenvalue weighted by Gasteiger charge is 2.42. The quantitative estimate of drug-likeness (QED) is 0.587. The third kappa shape index (κ3) is 4.15. The van der Waals surface area contributed by atoms with Crippen molar-refractivity contribution >= 4 is 21.8 Å². The van der Waals surface area contributed by atoms with Gasteiger partial charge in [-0.15, -0.1) is 0 Å². The Morgan fingerprint density at radius 2 is 1.80 bits per heavy atom. The Balaban J connectivity index is 1.54. The molecule has 1 atom stereocenters. The van der Waals surface area contributed by atoms with E-state index in [0.29, 0.717) is 43.3 Å². The van der Waals surface area contributed by atoms with Gasteiger partial charge < -0.3 is 14.6 Å². The summed E-state index contributed by atoms with van der Waals surface area (Å²) in [6.45, 7) is 2.84. The van der Waals surface area contributed by atoms with Crippen molar-refractivity contribution in [2.75, 3.05) is 13.2 Å². The summed E-state index contributed by atoms with van der Waals surface area (Å²) in [5, 5.41) is 6.99. The van der Waals surface area contributed by atoms with Gasteiger partial charge in [-0.05, 0) is 61.7 Å². The minimum absolute atomic E-state index is 0.0952. The van der Waals surface area contributed by atoms with E-state index in [2.05, 4.69) is 31.4 Å². The van der Waals surface area contributed by atoms with Crippen LogP contribution in [0, 0.1) is 5.82 Å². The van der Waals surface area contributed by atoms with E-state index in [0.717, 1.165) is 10.0 Å². The molecule has 30 heavy (non-hydrogen) atoms. The van der Waals surface area contributed by atoms with Crippen LogP contribution in [0.2, 0.25) is 0 Å². The van der Waals surface area contributed by atoms with Gasteiger partial charge in [-0.3, -0.25) is 4.79 Å². The topological polar surface area (TPSA) is 77.2 Å². The van der Waals surface area contributed by atoms with Gasteiger partial charge in [0.15, 0.2) is 0 Å². The highest BCUT2D eigenvalue weighted by Crippen LogP contribution is 2.36. The fourth-order valence-electron chi connectivity index (χ4n) is 3.66. The summed E-state index contributed by atoms with van der Waals surface area (Å²) in [7, 11) is 0. The molecular formula is C22H21BrFN3O3. The molecule has 1 fully saturated rings. The molecule has 0 bridgehead atoms. The third-order valence-electron chi connectivity index (χ3n) is 5.44. The predicted molar refractivity (Wildman–Crippen MR) is 112 cm³/mol. The molecule has 0 spiro atoms. The SMILES string of the molecule is CC(NC(=O)C1(c2ccc(Br)cc2)CCOCC1)c1nc(-c2ccc(F)cc2)no1. The van der Waals surface area contributed by atoms with Crippen molar-refractivity contribution in [2.45, 2.75) is 31.2 Å². The maximum atomic E-state index is 13.4. The summed E-state index contributed by atoms with van der Waals surface area (Å²) in [6, 6.07) is 13.2. The van der Waals surface area contributed by atoms with Crippen molar-refractivity contribution in [3.8, 4) is 11.4 Å². The number of carbonyl (C=O) groups is 1. The Bertz CT molecular complexity index is 1010. The lowest BCUT2D eigenvalue weighted by Crippen LogP contribution is -2.48. The molecule has 1 aliphatic heterocycles. The average Bonchev–Trinajstić information content (AvgIpc) is 3.25. The summed E-state index contributed by atoms with van der Waals surface area (Å²) in [5.74, 6) is 0.209. The monoisotopic (exact) mass is 473 g/mol. The zero-order chi connectivity index (χ0) is 21.1. The lowest BCUT2D eigenvalue weighted by molar-refractivity contribution is -0.131. The Morgan fingerprint density at radius 3 is 2.47 bits per heavy atom. The number of aromatic nitrogens is 2. The molecule has 0 aliphatic carbocycles. The predicted octanol–water partition coefficient (Wildman–Crippen LogP) is 4.56. The Morgan fingerprint density at radius 1 is 1.13 bits per heavy atom. The minimum Gasteiger partial charge on any atom is -0.381 e. The summed E-state index contributed by atoms with van der Waals surface area (Å²) in [6.07, 6.45) is 1.19. The van der Waals surface area contributed by atoms with Crippen molar-refractivity contribution in [3.63, 3.8) is 0 Å². The van der Waals surface area contributed by atoms with Crippen LogP contribution in [0.5, 0.6) is 0 Å². The molecule has 0 saturated carbocycles. The van der Waals surface area contributed by atoms with Crippen LogP contribution in [0.1, 0.15) is 37.3 Å². The maximum Gasteiger partial charge on any atom is 0.249 e. The number of hydrogen-bond acceptors (Lipinski definition) is 5. The second kappa shape index (κ2) is 8.65. The van der Waals surface area contributed by atoms with Crippen LogP contribution in [0.3, 0.4) is 0 Å². The van der Waals surface area contributed by atoms with Crippen molar-refractivity contribution in [2.24, 2.45) is 0 Å². The molecule has 4 rings (SSSR count). The van der Waals surface area contributed by atoms with E-state index < -0.39 is 11.5 Å². The van der Waals surface area contributed by atoms with E-state index in [-0.39, 0.29) is 11.7 Å². The third-order valence-corrected chi connectivity index (χ3v) is 5.97. The van der Waals surface area contributed by atoms with Crippen molar-refractivity contribution in [3.05, 3.63) is 70.3 Å². The second-order valence-corrected chi connectivity index (χ2v) is 8.28. The largest absolute Gasteiger partial charge is 0.381 e. The zero-order valence-corrected chi connectivity index (χ0v) is 18.0. The van der Waals surface area contributed by atoms with Crippen LogP contribution in [0.25, 0.3) is 11.4 Å². The van der Waals surface area contributed by atoms with Gasteiger partial charge in [-0.2, -0.15) is 4.98 Å². The van der Waals surface area contributed by atoms with Gasteiger partial charge >= 0.3 is 0 Å². The Labute approximate surface area is 182 Å². The first-order chi connectivity index (χ1) is 14.5. The Kier molecular flexibility index (Phi) is 5.97. The first-order valence-electron chi connectivity index (χ1n) is 9.72. The maximum absolute atomic E-state index is 13.4. The molecular weight excluding hydrogens is 453 g/mol. The summed E-state index contributed by atoms with van der Waals surface area (Å²) in [5.41, 5.74) is 0.921. The van der Waals surface area contributed by atoms with Gasteiger partial charge in [-0.1, -0.05) is 33.2 Å². The lowest BCUT2D eigenvalue weighted by Gasteiger charge is -2.36. The van der Waals surface area contributed by atoms with Crippen LogP contribution in [-0.4, -0.2) is 29.3 Å². The molecule has 8 heteroatoms. The van der Waals surface area contributed by atoms with Gasteiger partial charge in [0.05, 0.1) is 5.41 Å². The highest BCUT2D eigenvalue weighted by atomic mass is 79.9. The highest BCUT2D eigenvalue weighted by molar-refractivity contribution is 9.10. The second-order valence-electron chi connectivity index (χ2n) is 7.36. The number of benzene rings is 2. The summed E-state index contributed by atoms with van der Waals surface area (Å²) >= 11 is 3.45. The van der Waals surface area contributed by atoms with E-state index in [9.17, 15) is 9.18 Å². The van der Waals surface area contributed by atoms with Crippen molar-refractivity contribution in [1.82, 2.24) is 15.5 Å². The van der Waals surface area contributed by atoms with Crippen molar-refractivity contribution < 1.29 is 18.4 Å². The summed E-state index contributed by atoms with van der Waals surface area (Å²) < 4.78 is 25.0. The number of rotatable bonds is 5. The fourth-order valence-corrected chi connectivity index (χ4v) is 3.92. The normalized spacial score (nSPS) is 16.8. The first kappa shape index (κ1) is 20.7. The molecule has 1 N–H and O–H groups in total. The molecule has 1 unspecified atom stereocenters. The standard InChI is InChI=1S/C22H21BrFN3O3/c1-14(20-26-19(27-30-20)15-2-8-18(24)9-3-15)25-21(28)22(10-12-29-13-11-22)16-4-6-17(23)7-5-16/h2-9,14H,10-13H2,1H3,(H,25,28). The number of hydrogen-bond donors (Lipinski definition) is 1. The molecule has 2 heterocycles. The van der Waals surface area contributed by atoms with E-state index in [4.69, 9.17) is 9.26 Å². The van der Waals surface area contributed by atoms with Crippen LogP contribution in [-0.2, 0) is 14.9 Å². The van der Waals surface area contributed by atoms with E-state index >= 15 is 0 Å². The smallest absolute Gasteiger partial charge is 0.249 e. The van der Waals surface area contributed by atoms with E-state index in [1.165, 1.54) is 12.1 Å². The fraction of sp³-hybridized carbons (Fsp3) is 0.318. The van der Waals surface area contributed by atoms with Gasteiger partial charge in [0.1, 0.15) is 11.9 Å². The van der Waals surface area contributed by atoms with Crippen LogP contribution < -0.4 is 5.32 Å². The van der Waals surface area contributed by atoms with Crippen LogP contribution >= 0.6 is 15.9 Å². The lowest BCUT2D eigenvalue weighted by atomic mass is 9.73. The molecule has 1 aliphatic rings. The number of ether oxygens (including phenoxy) is 1. The van der Waals surface area contributed by atoms with Gasteiger partial charge in [0.25, 0.3) is 0 Å². The molecule has 2 aromatic carbocycles. The number of halogens is 2. The molecule has 6 nitrogen and oxygen atoms in total. The van der Waals surface area contributed by atoms with Crippen LogP contribution in [0.15, 0.2) is 57.5 Å².